The Labute approximate surface area is 109 Å². The zero-order chi connectivity index (χ0) is 13.1. The molecule has 5 heteroatoms. The van der Waals surface area contributed by atoms with Crippen LogP contribution in [0.4, 0.5) is 0 Å². The van der Waals surface area contributed by atoms with E-state index in [4.69, 9.17) is 9.84 Å². The Kier molecular flexibility index (Phi) is 3.62. The molecule has 94 valence electrons. The molecule has 0 aliphatic rings. The number of carboxylic acid groups (broad SMARTS) is 1. The second kappa shape index (κ2) is 5.18. The summed E-state index contributed by atoms with van der Waals surface area (Å²) in [5.41, 5.74) is 4.28. The van der Waals surface area contributed by atoms with Crippen molar-refractivity contribution in [2.45, 2.75) is 13.3 Å². The first-order valence-corrected chi connectivity index (χ1v) is 6.29. The van der Waals surface area contributed by atoms with E-state index < -0.39 is 5.97 Å². The van der Waals surface area contributed by atoms with Gasteiger partial charge in [-0.3, -0.25) is 4.79 Å². The lowest BCUT2D eigenvalue weighted by Gasteiger charge is -2.07. The summed E-state index contributed by atoms with van der Waals surface area (Å²) in [7, 11) is 1.63. The number of carboxylic acids is 1. The van der Waals surface area contributed by atoms with Crippen molar-refractivity contribution in [3.63, 3.8) is 0 Å². The standard InChI is InChI=1S/C13H13NO3S/c1-8-5-9(3-4-11(8)17-2)13-10(6-12(15)16)14-7-18-13/h3-5,7H,6H2,1-2H3,(H,15,16). The molecule has 0 aliphatic carbocycles. The van der Waals surface area contributed by atoms with Crippen LogP contribution in [0.1, 0.15) is 11.3 Å². The van der Waals surface area contributed by atoms with Crippen LogP contribution in [0.2, 0.25) is 0 Å². The predicted molar refractivity (Wildman–Crippen MR) is 70.2 cm³/mol. The quantitative estimate of drug-likeness (QED) is 0.921. The summed E-state index contributed by atoms with van der Waals surface area (Å²) in [6, 6.07) is 5.79. The number of carbonyl (C=O) groups is 1. The average Bonchev–Trinajstić information content (AvgIpc) is 2.76. The Morgan fingerprint density at radius 2 is 2.28 bits per heavy atom. The van der Waals surface area contributed by atoms with E-state index in [-0.39, 0.29) is 6.42 Å². The van der Waals surface area contributed by atoms with Gasteiger partial charge in [-0.05, 0) is 36.2 Å². The zero-order valence-corrected chi connectivity index (χ0v) is 11.0. The highest BCUT2D eigenvalue weighted by molar-refractivity contribution is 7.13. The highest BCUT2D eigenvalue weighted by atomic mass is 32.1. The summed E-state index contributed by atoms with van der Waals surface area (Å²) >= 11 is 1.45. The maximum atomic E-state index is 10.8. The molecule has 0 fully saturated rings. The molecule has 0 spiro atoms. The lowest BCUT2D eigenvalue weighted by Crippen LogP contribution is -2.01. The molecule has 0 atom stereocenters. The Morgan fingerprint density at radius 3 is 2.89 bits per heavy atom. The number of nitrogens with zero attached hydrogens (tertiary/aromatic N) is 1. The third-order valence-corrected chi connectivity index (χ3v) is 3.53. The topological polar surface area (TPSA) is 59.4 Å². The zero-order valence-electron chi connectivity index (χ0n) is 10.1. The summed E-state index contributed by atoms with van der Waals surface area (Å²) in [6.07, 6.45) is -0.0517. The number of hydrogen-bond donors (Lipinski definition) is 1. The van der Waals surface area contributed by atoms with Crippen molar-refractivity contribution in [1.82, 2.24) is 4.98 Å². The van der Waals surface area contributed by atoms with E-state index >= 15 is 0 Å². The van der Waals surface area contributed by atoms with Gasteiger partial charge in [-0.25, -0.2) is 4.98 Å². The summed E-state index contributed by atoms with van der Waals surface area (Å²) in [6.45, 7) is 1.96. The molecule has 2 aromatic rings. The third kappa shape index (κ3) is 2.51. The van der Waals surface area contributed by atoms with Gasteiger partial charge in [0.25, 0.3) is 0 Å². The minimum atomic E-state index is -0.868. The number of benzene rings is 1. The van der Waals surface area contributed by atoms with E-state index in [0.717, 1.165) is 21.8 Å². The second-order valence-corrected chi connectivity index (χ2v) is 4.74. The van der Waals surface area contributed by atoms with Gasteiger partial charge in [0.1, 0.15) is 5.75 Å². The third-order valence-electron chi connectivity index (χ3n) is 2.62. The number of thiazole rings is 1. The van der Waals surface area contributed by atoms with Crippen molar-refractivity contribution < 1.29 is 14.6 Å². The van der Waals surface area contributed by atoms with Crippen LogP contribution < -0.4 is 4.74 Å². The summed E-state index contributed by atoms with van der Waals surface area (Å²) in [4.78, 5) is 15.8. The first-order chi connectivity index (χ1) is 8.61. The summed E-state index contributed by atoms with van der Waals surface area (Å²) < 4.78 is 5.21. The van der Waals surface area contributed by atoms with E-state index in [1.807, 2.05) is 25.1 Å². The maximum absolute atomic E-state index is 10.8. The van der Waals surface area contributed by atoms with Gasteiger partial charge in [-0.15, -0.1) is 11.3 Å². The van der Waals surface area contributed by atoms with Crippen molar-refractivity contribution in [2.24, 2.45) is 0 Å². The largest absolute Gasteiger partial charge is 0.496 e. The maximum Gasteiger partial charge on any atom is 0.309 e. The smallest absolute Gasteiger partial charge is 0.309 e. The number of aryl methyl sites for hydroxylation is 1. The van der Waals surface area contributed by atoms with E-state index in [2.05, 4.69) is 4.98 Å². The molecule has 1 aromatic carbocycles. The number of aromatic nitrogens is 1. The van der Waals surface area contributed by atoms with Crippen LogP contribution >= 0.6 is 11.3 Å². The fourth-order valence-corrected chi connectivity index (χ4v) is 2.60. The number of hydrogen-bond acceptors (Lipinski definition) is 4. The first kappa shape index (κ1) is 12.6. The molecule has 1 aromatic heterocycles. The van der Waals surface area contributed by atoms with Gasteiger partial charge in [0.15, 0.2) is 0 Å². The molecule has 2 rings (SSSR count). The molecule has 4 nitrogen and oxygen atoms in total. The van der Waals surface area contributed by atoms with Crippen molar-refractivity contribution in [1.29, 1.82) is 0 Å². The van der Waals surface area contributed by atoms with Crippen LogP contribution in [0, 0.1) is 6.92 Å². The number of rotatable bonds is 4. The second-order valence-electron chi connectivity index (χ2n) is 3.88. The molecular formula is C13H13NO3S. The molecule has 1 N–H and O–H groups in total. The van der Waals surface area contributed by atoms with Gasteiger partial charge in [0, 0.05) is 0 Å². The van der Waals surface area contributed by atoms with Crippen LogP contribution in [-0.2, 0) is 11.2 Å². The van der Waals surface area contributed by atoms with Crippen molar-refractivity contribution in [3.05, 3.63) is 35.0 Å². The SMILES string of the molecule is COc1ccc(-c2scnc2CC(=O)O)cc1C. The monoisotopic (exact) mass is 263 g/mol. The molecule has 0 bridgehead atoms. The van der Waals surface area contributed by atoms with E-state index in [1.54, 1.807) is 12.6 Å². The molecule has 1 heterocycles. The lowest BCUT2D eigenvalue weighted by molar-refractivity contribution is -0.136. The van der Waals surface area contributed by atoms with Crippen LogP contribution in [0.25, 0.3) is 10.4 Å². The number of ether oxygens (including phenoxy) is 1. The van der Waals surface area contributed by atoms with E-state index in [0.29, 0.717) is 5.69 Å². The first-order valence-electron chi connectivity index (χ1n) is 5.41. The van der Waals surface area contributed by atoms with E-state index in [9.17, 15) is 4.79 Å². The molecule has 0 aliphatic heterocycles. The molecule has 0 saturated carbocycles. The van der Waals surface area contributed by atoms with E-state index in [1.165, 1.54) is 11.3 Å². The number of methoxy groups -OCH3 is 1. The van der Waals surface area contributed by atoms with Gasteiger partial charge in [0.2, 0.25) is 0 Å². The minimum Gasteiger partial charge on any atom is -0.496 e. The molecule has 0 amide bonds. The molecule has 0 radical (unpaired) electrons. The molecule has 0 saturated heterocycles. The summed E-state index contributed by atoms with van der Waals surface area (Å²) in [5, 5.41) is 8.84. The fourth-order valence-electron chi connectivity index (χ4n) is 1.79. The van der Waals surface area contributed by atoms with Crippen LogP contribution in [0.3, 0.4) is 0 Å². The Bertz CT molecular complexity index is 577. The van der Waals surface area contributed by atoms with Crippen molar-refractivity contribution in [2.75, 3.05) is 7.11 Å². The van der Waals surface area contributed by atoms with Gasteiger partial charge >= 0.3 is 5.97 Å². The van der Waals surface area contributed by atoms with Crippen LogP contribution in [-0.4, -0.2) is 23.2 Å². The number of aliphatic carboxylic acids is 1. The van der Waals surface area contributed by atoms with Crippen molar-refractivity contribution in [3.8, 4) is 16.2 Å². The van der Waals surface area contributed by atoms with Gasteiger partial charge in [0.05, 0.1) is 29.6 Å². The Morgan fingerprint density at radius 1 is 1.50 bits per heavy atom. The fraction of sp³-hybridized carbons (Fsp3) is 0.231. The predicted octanol–water partition coefficient (Wildman–Crippen LogP) is 2.75. The average molecular weight is 263 g/mol. The highest BCUT2D eigenvalue weighted by Gasteiger charge is 2.12. The van der Waals surface area contributed by atoms with Gasteiger partial charge < -0.3 is 9.84 Å². The van der Waals surface area contributed by atoms with Crippen LogP contribution in [0.5, 0.6) is 5.75 Å². The van der Waals surface area contributed by atoms with Gasteiger partial charge in [-0.1, -0.05) is 0 Å². The molecule has 18 heavy (non-hydrogen) atoms. The summed E-state index contributed by atoms with van der Waals surface area (Å²) in [5.74, 6) is -0.0459. The Hall–Kier alpha value is -1.88. The van der Waals surface area contributed by atoms with Crippen LogP contribution in [0.15, 0.2) is 23.7 Å². The minimum absolute atomic E-state index is 0.0517. The lowest BCUT2D eigenvalue weighted by atomic mass is 10.1. The van der Waals surface area contributed by atoms with Gasteiger partial charge in [-0.2, -0.15) is 0 Å². The normalized spacial score (nSPS) is 10.3. The Balaban J connectivity index is 2.40. The molecular weight excluding hydrogens is 250 g/mol. The highest BCUT2D eigenvalue weighted by Crippen LogP contribution is 2.31. The molecule has 0 unspecified atom stereocenters. The van der Waals surface area contributed by atoms with Crippen molar-refractivity contribution >= 4 is 17.3 Å².